The zero-order valence-corrected chi connectivity index (χ0v) is 17.5. The minimum absolute atomic E-state index is 1.27. The summed E-state index contributed by atoms with van der Waals surface area (Å²) in [6.07, 6.45) is 14.1. The van der Waals surface area contributed by atoms with Crippen LogP contribution in [0, 0.1) is 0 Å². The van der Waals surface area contributed by atoms with Gasteiger partial charge < -0.3 is 0 Å². The summed E-state index contributed by atoms with van der Waals surface area (Å²) in [6.45, 7) is 2.29. The summed E-state index contributed by atoms with van der Waals surface area (Å²) < 4.78 is 4.71. The number of thiophene rings is 2. The Kier molecular flexibility index (Phi) is 7.97. The van der Waals surface area contributed by atoms with E-state index in [1.807, 2.05) is 22.7 Å². The average molecular weight is 413 g/mol. The Morgan fingerprint density at radius 2 is 1.60 bits per heavy atom. The molecule has 0 atom stereocenters. The van der Waals surface area contributed by atoms with Crippen LogP contribution in [0.25, 0.3) is 9.40 Å². The van der Waals surface area contributed by atoms with Crippen molar-refractivity contribution in [3.8, 4) is 0 Å². The van der Waals surface area contributed by atoms with E-state index in [-0.39, 0.29) is 0 Å². The second-order valence-corrected chi connectivity index (χ2v) is 10.6. The summed E-state index contributed by atoms with van der Waals surface area (Å²) in [7, 11) is 0. The van der Waals surface area contributed by atoms with Crippen LogP contribution in [-0.2, 0) is 6.42 Å². The Bertz CT molecular complexity index is 498. The van der Waals surface area contributed by atoms with Crippen LogP contribution in [-0.4, -0.2) is 22.5 Å². The van der Waals surface area contributed by atoms with E-state index in [0.29, 0.717) is 0 Å². The van der Waals surface area contributed by atoms with Crippen molar-refractivity contribution in [1.29, 1.82) is 0 Å². The zero-order valence-electron chi connectivity index (χ0n) is 12.6. The Morgan fingerprint density at radius 1 is 0.950 bits per heavy atom. The standard InChI is InChI=1S/C17H25S2.Sn.H/c1-2-3-4-5-6-7-8-9-10-11-15-14-19-16-12-13-18-17(15)16;;/h12,14H,2-11H2,1H3;;. The van der Waals surface area contributed by atoms with Gasteiger partial charge in [-0.3, -0.25) is 0 Å². The number of fused-ring (bicyclic) bond motifs is 1. The topological polar surface area (TPSA) is 0 Å². The van der Waals surface area contributed by atoms with Gasteiger partial charge in [0.25, 0.3) is 0 Å². The van der Waals surface area contributed by atoms with E-state index in [4.69, 9.17) is 0 Å². The molecule has 2 radical (unpaired) electrons. The van der Waals surface area contributed by atoms with E-state index in [1.54, 1.807) is 13.2 Å². The predicted molar refractivity (Wildman–Crippen MR) is 97.4 cm³/mol. The van der Waals surface area contributed by atoms with E-state index >= 15 is 0 Å². The molecule has 3 heteroatoms. The molecule has 2 heterocycles. The van der Waals surface area contributed by atoms with Gasteiger partial charge in [-0.2, -0.15) is 0 Å². The molecule has 0 saturated heterocycles. The van der Waals surface area contributed by atoms with Crippen LogP contribution in [0.1, 0.15) is 70.3 Å². The monoisotopic (exact) mass is 414 g/mol. The molecule has 0 aliphatic carbocycles. The molecule has 0 bridgehead atoms. The molecular weight excluding hydrogens is 387 g/mol. The Morgan fingerprint density at radius 3 is 2.30 bits per heavy atom. The fraction of sp³-hybridized carbons (Fsp3) is 0.647. The van der Waals surface area contributed by atoms with Gasteiger partial charge in [0.05, 0.1) is 0 Å². The number of unbranched alkanes of at least 4 members (excludes halogenated alkanes) is 8. The SMILES string of the molecule is CCCCCCCCCCCc1csc2c[c]([SnH])sc12. The summed E-state index contributed by atoms with van der Waals surface area (Å²) in [5.41, 5.74) is 1.62. The first kappa shape index (κ1) is 16.8. The van der Waals surface area contributed by atoms with Gasteiger partial charge in [-0.05, 0) is 0 Å². The van der Waals surface area contributed by atoms with E-state index in [2.05, 4.69) is 18.4 Å². The normalized spacial score (nSPS) is 11.5. The molecule has 0 unspecified atom stereocenters. The molecule has 0 aliphatic rings. The molecule has 0 fully saturated rings. The second kappa shape index (κ2) is 9.47. The molecule has 0 aromatic carbocycles. The summed E-state index contributed by atoms with van der Waals surface area (Å²) in [4.78, 5) is 0. The number of rotatable bonds is 10. The molecular formula is C17H26S2Sn. The van der Waals surface area contributed by atoms with E-state index in [1.165, 1.54) is 91.4 Å². The molecule has 110 valence electrons. The fourth-order valence-corrected chi connectivity index (χ4v) is 6.74. The molecule has 0 N–H and O–H groups in total. The van der Waals surface area contributed by atoms with Crippen molar-refractivity contribution in [2.75, 3.05) is 0 Å². The van der Waals surface area contributed by atoms with Gasteiger partial charge in [0.15, 0.2) is 0 Å². The van der Waals surface area contributed by atoms with Gasteiger partial charge in [-0.15, -0.1) is 0 Å². The van der Waals surface area contributed by atoms with Crippen LogP contribution >= 0.6 is 22.7 Å². The van der Waals surface area contributed by atoms with Gasteiger partial charge in [-0.25, -0.2) is 0 Å². The van der Waals surface area contributed by atoms with Crippen molar-refractivity contribution in [3.05, 3.63) is 17.0 Å². The van der Waals surface area contributed by atoms with Crippen molar-refractivity contribution < 1.29 is 0 Å². The van der Waals surface area contributed by atoms with Crippen LogP contribution in [0.5, 0.6) is 0 Å². The number of aryl methyl sites for hydroxylation is 1. The van der Waals surface area contributed by atoms with Crippen LogP contribution in [0.2, 0.25) is 0 Å². The summed E-state index contributed by atoms with van der Waals surface area (Å²) >= 11 is 5.25. The van der Waals surface area contributed by atoms with Gasteiger partial charge in [0.1, 0.15) is 0 Å². The van der Waals surface area contributed by atoms with Gasteiger partial charge in [0, 0.05) is 0 Å². The summed E-state index contributed by atoms with van der Waals surface area (Å²) in [6, 6.07) is 2.40. The maximum atomic E-state index is 2.40. The first-order valence-electron chi connectivity index (χ1n) is 8.06. The molecule has 20 heavy (non-hydrogen) atoms. The third kappa shape index (κ3) is 5.34. The van der Waals surface area contributed by atoms with Crippen LogP contribution in [0.3, 0.4) is 0 Å². The Labute approximate surface area is 145 Å². The van der Waals surface area contributed by atoms with Gasteiger partial charge >= 0.3 is 126 Å². The quantitative estimate of drug-likeness (QED) is 0.353. The summed E-state index contributed by atoms with van der Waals surface area (Å²) in [5, 5.41) is 2.39. The zero-order chi connectivity index (χ0) is 14.2. The van der Waals surface area contributed by atoms with Crippen LogP contribution < -0.4 is 2.89 Å². The number of hydrogen-bond donors (Lipinski definition) is 0. The van der Waals surface area contributed by atoms with Crippen molar-refractivity contribution in [3.63, 3.8) is 0 Å². The molecule has 0 saturated carbocycles. The van der Waals surface area contributed by atoms with E-state index < -0.39 is 0 Å². The van der Waals surface area contributed by atoms with Crippen LogP contribution in [0.15, 0.2) is 11.4 Å². The molecule has 2 aromatic rings. The van der Waals surface area contributed by atoms with Gasteiger partial charge in [-0.1, -0.05) is 19.8 Å². The molecule has 0 aliphatic heterocycles. The first-order chi connectivity index (χ1) is 9.81. The van der Waals surface area contributed by atoms with Crippen molar-refractivity contribution in [2.45, 2.75) is 71.1 Å². The minimum atomic E-state index is 1.27. The van der Waals surface area contributed by atoms with Crippen molar-refractivity contribution in [1.82, 2.24) is 0 Å². The fourth-order valence-electron chi connectivity index (χ4n) is 2.69. The van der Waals surface area contributed by atoms with Gasteiger partial charge in [0.2, 0.25) is 0 Å². The predicted octanol–water partition coefficient (Wildman–Crippen LogP) is 5.56. The molecule has 0 nitrogen and oxygen atoms in total. The Hall–Kier alpha value is 0.459. The average Bonchev–Trinajstić information content (AvgIpc) is 2.97. The molecule has 2 rings (SSSR count). The maximum absolute atomic E-state index is 2.40. The molecule has 0 amide bonds. The van der Waals surface area contributed by atoms with Crippen LogP contribution in [0.4, 0.5) is 0 Å². The van der Waals surface area contributed by atoms with E-state index in [9.17, 15) is 0 Å². The Balaban J connectivity index is 1.57. The van der Waals surface area contributed by atoms with E-state index in [0.717, 1.165) is 0 Å². The third-order valence-electron chi connectivity index (χ3n) is 3.89. The third-order valence-corrected chi connectivity index (χ3v) is 7.52. The second-order valence-electron chi connectivity index (χ2n) is 5.68. The summed E-state index contributed by atoms with van der Waals surface area (Å²) in [5.74, 6) is 0. The number of hydrogen-bond acceptors (Lipinski definition) is 2. The molecule has 2 aromatic heterocycles. The van der Waals surface area contributed by atoms with Crippen molar-refractivity contribution in [2.24, 2.45) is 0 Å². The first-order valence-corrected chi connectivity index (χ1v) is 11.4. The van der Waals surface area contributed by atoms with Crippen molar-refractivity contribution >= 4 is 57.5 Å². The molecule has 0 spiro atoms.